The molecule has 0 amide bonds. The molecule has 0 aromatic heterocycles. The van der Waals surface area contributed by atoms with Gasteiger partial charge >= 0.3 is 0 Å². The van der Waals surface area contributed by atoms with Crippen LogP contribution in [-0.4, -0.2) is 19.3 Å². The van der Waals surface area contributed by atoms with E-state index in [4.69, 9.17) is 4.74 Å². The van der Waals surface area contributed by atoms with Gasteiger partial charge in [-0.05, 0) is 43.4 Å². The predicted octanol–water partition coefficient (Wildman–Crippen LogP) is 3.47. The lowest BCUT2D eigenvalue weighted by atomic mass is 9.94. The first-order valence-electron chi connectivity index (χ1n) is 7.29. The van der Waals surface area contributed by atoms with Crippen LogP contribution in [0.25, 0.3) is 0 Å². The van der Waals surface area contributed by atoms with Gasteiger partial charge < -0.3 is 10.1 Å². The fourth-order valence-corrected chi connectivity index (χ4v) is 2.72. The van der Waals surface area contributed by atoms with Gasteiger partial charge in [0.05, 0.1) is 12.1 Å². The van der Waals surface area contributed by atoms with E-state index in [1.807, 2.05) is 0 Å². The maximum atomic E-state index is 5.96. The summed E-state index contributed by atoms with van der Waals surface area (Å²) in [6.45, 7) is 6.28. The minimum atomic E-state index is 0.339. The van der Waals surface area contributed by atoms with E-state index >= 15 is 0 Å². The van der Waals surface area contributed by atoms with E-state index < -0.39 is 0 Å². The average molecular weight is 247 g/mol. The van der Waals surface area contributed by atoms with Crippen LogP contribution in [0.1, 0.15) is 50.3 Å². The molecule has 1 aromatic rings. The van der Waals surface area contributed by atoms with Gasteiger partial charge in [-0.25, -0.2) is 0 Å². The first-order valence-corrected chi connectivity index (χ1v) is 7.29. The fourth-order valence-electron chi connectivity index (χ4n) is 2.72. The summed E-state index contributed by atoms with van der Waals surface area (Å²) in [5.41, 5.74) is 2.79. The van der Waals surface area contributed by atoms with Gasteiger partial charge in [-0.1, -0.05) is 38.1 Å². The summed E-state index contributed by atoms with van der Waals surface area (Å²) in [7, 11) is 0. The van der Waals surface area contributed by atoms with Crippen molar-refractivity contribution < 1.29 is 4.74 Å². The number of hydrogen-bond donors (Lipinski definition) is 1. The zero-order chi connectivity index (χ0) is 12.8. The van der Waals surface area contributed by atoms with Gasteiger partial charge in [0.25, 0.3) is 0 Å². The van der Waals surface area contributed by atoms with Crippen molar-refractivity contribution in [1.29, 1.82) is 0 Å². The number of nitrogens with one attached hydrogen (secondary N) is 1. The fraction of sp³-hybridized carbons (Fsp3) is 0.625. The lowest BCUT2D eigenvalue weighted by Crippen LogP contribution is -2.36. The molecule has 2 heteroatoms. The molecule has 2 rings (SSSR count). The number of benzene rings is 1. The minimum Gasteiger partial charge on any atom is -0.376 e. The SMILES string of the molecule is CCNC(c1cccc(CC)c1)C1CCCCO1. The van der Waals surface area contributed by atoms with Crippen LogP contribution in [0.2, 0.25) is 0 Å². The third-order valence-electron chi connectivity index (χ3n) is 3.73. The van der Waals surface area contributed by atoms with Crippen LogP contribution >= 0.6 is 0 Å². The van der Waals surface area contributed by atoms with E-state index in [1.165, 1.54) is 30.4 Å². The van der Waals surface area contributed by atoms with Gasteiger partial charge in [-0.2, -0.15) is 0 Å². The van der Waals surface area contributed by atoms with Crippen LogP contribution in [0, 0.1) is 0 Å². The van der Waals surface area contributed by atoms with Gasteiger partial charge in [0.2, 0.25) is 0 Å². The highest BCUT2D eigenvalue weighted by atomic mass is 16.5. The van der Waals surface area contributed by atoms with Crippen molar-refractivity contribution in [2.75, 3.05) is 13.2 Å². The van der Waals surface area contributed by atoms with Gasteiger partial charge in [-0.15, -0.1) is 0 Å². The second kappa shape index (κ2) is 6.91. The van der Waals surface area contributed by atoms with Crippen molar-refractivity contribution in [2.24, 2.45) is 0 Å². The normalized spacial score (nSPS) is 21.8. The molecule has 18 heavy (non-hydrogen) atoms. The largest absolute Gasteiger partial charge is 0.376 e. The minimum absolute atomic E-state index is 0.339. The lowest BCUT2D eigenvalue weighted by Gasteiger charge is -2.31. The summed E-state index contributed by atoms with van der Waals surface area (Å²) >= 11 is 0. The van der Waals surface area contributed by atoms with Crippen molar-refractivity contribution in [2.45, 2.75) is 51.7 Å². The third-order valence-corrected chi connectivity index (χ3v) is 3.73. The maximum Gasteiger partial charge on any atom is 0.0769 e. The Balaban J connectivity index is 2.16. The molecule has 100 valence electrons. The molecule has 0 spiro atoms. The molecular formula is C16H25NO. The Morgan fingerprint density at radius 1 is 1.33 bits per heavy atom. The van der Waals surface area contributed by atoms with Gasteiger partial charge in [0.1, 0.15) is 0 Å². The average Bonchev–Trinajstić information content (AvgIpc) is 2.46. The molecule has 1 aliphatic rings. The number of hydrogen-bond acceptors (Lipinski definition) is 2. The van der Waals surface area contributed by atoms with E-state index in [1.54, 1.807) is 0 Å². The van der Waals surface area contributed by atoms with Crippen LogP contribution < -0.4 is 5.32 Å². The van der Waals surface area contributed by atoms with Crippen molar-refractivity contribution in [1.82, 2.24) is 5.32 Å². The number of rotatable bonds is 5. The standard InChI is InChI=1S/C16H25NO/c1-3-13-8-7-9-14(12-13)16(17-4-2)15-10-5-6-11-18-15/h7-9,12,15-17H,3-6,10-11H2,1-2H3. The monoisotopic (exact) mass is 247 g/mol. The molecule has 1 fully saturated rings. The van der Waals surface area contributed by atoms with Gasteiger partial charge in [0.15, 0.2) is 0 Å². The van der Waals surface area contributed by atoms with Crippen molar-refractivity contribution in [3.63, 3.8) is 0 Å². The molecule has 0 saturated carbocycles. The van der Waals surface area contributed by atoms with Crippen molar-refractivity contribution >= 4 is 0 Å². The third kappa shape index (κ3) is 3.33. The van der Waals surface area contributed by atoms with Crippen molar-refractivity contribution in [3.8, 4) is 0 Å². The second-order valence-electron chi connectivity index (χ2n) is 5.04. The highest BCUT2D eigenvalue weighted by Gasteiger charge is 2.25. The molecule has 0 aliphatic carbocycles. The summed E-state index contributed by atoms with van der Waals surface area (Å²) in [6, 6.07) is 9.27. The molecule has 1 heterocycles. The highest BCUT2D eigenvalue weighted by Crippen LogP contribution is 2.27. The molecule has 1 aromatic carbocycles. The quantitative estimate of drug-likeness (QED) is 0.860. The Hall–Kier alpha value is -0.860. The van der Waals surface area contributed by atoms with E-state index in [0.29, 0.717) is 12.1 Å². The predicted molar refractivity (Wildman–Crippen MR) is 75.8 cm³/mol. The Labute approximate surface area is 111 Å². The molecule has 0 bridgehead atoms. The van der Waals surface area contributed by atoms with Crippen LogP contribution in [0.15, 0.2) is 24.3 Å². The first kappa shape index (κ1) is 13.6. The summed E-state index contributed by atoms with van der Waals surface area (Å²) in [5.74, 6) is 0. The first-order chi connectivity index (χ1) is 8.85. The van der Waals surface area contributed by atoms with Crippen LogP contribution in [0.5, 0.6) is 0 Å². The summed E-state index contributed by atoms with van der Waals surface area (Å²) in [5, 5.41) is 3.59. The zero-order valence-electron chi connectivity index (χ0n) is 11.6. The van der Waals surface area contributed by atoms with E-state index in [0.717, 1.165) is 19.6 Å². The lowest BCUT2D eigenvalue weighted by molar-refractivity contribution is -0.00787. The molecule has 2 atom stereocenters. The van der Waals surface area contributed by atoms with Crippen molar-refractivity contribution in [3.05, 3.63) is 35.4 Å². The summed E-state index contributed by atoms with van der Waals surface area (Å²) in [4.78, 5) is 0. The molecule has 1 N–H and O–H groups in total. The number of likely N-dealkylation sites (N-methyl/N-ethyl adjacent to an activating group) is 1. The molecule has 1 aliphatic heterocycles. The van der Waals surface area contributed by atoms with Crippen LogP contribution in [0.4, 0.5) is 0 Å². The van der Waals surface area contributed by atoms with Gasteiger partial charge in [-0.3, -0.25) is 0 Å². The molecule has 1 saturated heterocycles. The van der Waals surface area contributed by atoms with E-state index in [2.05, 4.69) is 43.4 Å². The zero-order valence-corrected chi connectivity index (χ0v) is 11.6. The topological polar surface area (TPSA) is 21.3 Å². The molecule has 2 unspecified atom stereocenters. The summed E-state index contributed by atoms with van der Waals surface area (Å²) < 4.78 is 5.96. The Bertz CT molecular complexity index is 358. The Morgan fingerprint density at radius 3 is 2.89 bits per heavy atom. The van der Waals surface area contributed by atoms with E-state index in [9.17, 15) is 0 Å². The summed E-state index contributed by atoms with van der Waals surface area (Å²) in [6.07, 6.45) is 5.11. The molecule has 2 nitrogen and oxygen atoms in total. The van der Waals surface area contributed by atoms with E-state index in [-0.39, 0.29) is 0 Å². The van der Waals surface area contributed by atoms with Crippen LogP contribution in [0.3, 0.4) is 0 Å². The number of ether oxygens (including phenoxy) is 1. The second-order valence-corrected chi connectivity index (χ2v) is 5.04. The Morgan fingerprint density at radius 2 is 2.22 bits per heavy atom. The highest BCUT2D eigenvalue weighted by molar-refractivity contribution is 5.27. The maximum absolute atomic E-state index is 5.96. The smallest absolute Gasteiger partial charge is 0.0769 e. The molecule has 0 radical (unpaired) electrons. The molecular weight excluding hydrogens is 222 g/mol. The van der Waals surface area contributed by atoms with Gasteiger partial charge in [0, 0.05) is 6.61 Å². The number of aryl methyl sites for hydroxylation is 1. The van der Waals surface area contributed by atoms with Crippen LogP contribution in [-0.2, 0) is 11.2 Å². The Kier molecular flexibility index (Phi) is 5.21.